The topological polar surface area (TPSA) is 64.3 Å². The Bertz CT molecular complexity index is 995. The molecule has 100 valence electrons. The molecule has 0 bridgehead atoms. The molecule has 1 heterocycles. The van der Waals surface area contributed by atoms with Gasteiger partial charge in [-0.15, -0.1) is 0 Å². The van der Waals surface area contributed by atoms with Crippen molar-refractivity contribution in [2.75, 3.05) is 0 Å². The Morgan fingerprint density at radius 2 is 1.38 bits per heavy atom. The van der Waals surface area contributed by atoms with Gasteiger partial charge in [0.05, 0.1) is 5.39 Å². The Hall–Kier alpha value is -3.01. The van der Waals surface area contributed by atoms with Crippen LogP contribution in [-0.4, -0.2) is 11.6 Å². The second-order valence-electron chi connectivity index (χ2n) is 4.84. The van der Waals surface area contributed by atoms with E-state index in [1.807, 2.05) is 0 Å². The summed E-state index contributed by atoms with van der Waals surface area (Å²) in [6, 6.07) is 13.3. The van der Waals surface area contributed by atoms with Crippen molar-refractivity contribution >= 4 is 22.5 Å². The molecule has 1 aliphatic carbocycles. The molecule has 4 heteroatoms. The number of carbonyl (C=O) groups is 2. The quantitative estimate of drug-likeness (QED) is 0.592. The standard InChI is InChI=1S/C17H8O4/c18-14-11-7-3-4-8-12(11)21-17-10-6-2-1-5-9(10)15(19)16(20)13(14)17/h1-8H. The minimum absolute atomic E-state index is 0.169. The second kappa shape index (κ2) is 3.99. The molecule has 0 saturated carbocycles. The first kappa shape index (κ1) is 11.8. The van der Waals surface area contributed by atoms with Crippen molar-refractivity contribution in [3.8, 4) is 11.3 Å². The van der Waals surface area contributed by atoms with Gasteiger partial charge in [-0.05, 0) is 12.1 Å². The van der Waals surface area contributed by atoms with Crippen LogP contribution < -0.4 is 5.43 Å². The van der Waals surface area contributed by atoms with Gasteiger partial charge < -0.3 is 4.42 Å². The van der Waals surface area contributed by atoms with Crippen molar-refractivity contribution in [1.82, 2.24) is 0 Å². The van der Waals surface area contributed by atoms with Crippen LogP contribution >= 0.6 is 0 Å². The maximum Gasteiger partial charge on any atom is 0.241 e. The first-order valence-electron chi connectivity index (χ1n) is 6.43. The van der Waals surface area contributed by atoms with Crippen LogP contribution in [0, 0.1) is 0 Å². The van der Waals surface area contributed by atoms with E-state index in [9.17, 15) is 14.4 Å². The largest absolute Gasteiger partial charge is 0.455 e. The maximum absolute atomic E-state index is 12.5. The van der Waals surface area contributed by atoms with Gasteiger partial charge in [0.2, 0.25) is 17.0 Å². The molecule has 0 atom stereocenters. The molecule has 1 aliphatic rings. The lowest BCUT2D eigenvalue weighted by atomic mass is 9.87. The van der Waals surface area contributed by atoms with E-state index in [0.29, 0.717) is 16.5 Å². The predicted octanol–water partition coefficient (Wildman–Crippen LogP) is 2.84. The normalized spacial score (nSPS) is 13.1. The Morgan fingerprint density at radius 1 is 0.714 bits per heavy atom. The van der Waals surface area contributed by atoms with Gasteiger partial charge in [-0.1, -0.05) is 36.4 Å². The smallest absolute Gasteiger partial charge is 0.241 e. The average molecular weight is 276 g/mol. The van der Waals surface area contributed by atoms with Crippen molar-refractivity contribution < 1.29 is 14.0 Å². The van der Waals surface area contributed by atoms with Crippen molar-refractivity contribution in [1.29, 1.82) is 0 Å². The van der Waals surface area contributed by atoms with Crippen LogP contribution in [-0.2, 0) is 0 Å². The molecule has 0 N–H and O–H groups in total. The van der Waals surface area contributed by atoms with Crippen LogP contribution in [0.4, 0.5) is 0 Å². The number of hydrogen-bond donors (Lipinski definition) is 0. The van der Waals surface area contributed by atoms with Gasteiger partial charge in [-0.3, -0.25) is 14.4 Å². The van der Waals surface area contributed by atoms with E-state index >= 15 is 0 Å². The van der Waals surface area contributed by atoms with Crippen LogP contribution in [0.25, 0.3) is 22.3 Å². The minimum atomic E-state index is -0.803. The zero-order chi connectivity index (χ0) is 14.6. The average Bonchev–Trinajstić information content (AvgIpc) is 2.52. The molecule has 0 fully saturated rings. The molecule has 0 saturated heterocycles. The third kappa shape index (κ3) is 1.47. The first-order valence-corrected chi connectivity index (χ1v) is 6.43. The first-order chi connectivity index (χ1) is 10.2. The highest BCUT2D eigenvalue weighted by Gasteiger charge is 2.34. The van der Waals surface area contributed by atoms with Crippen LogP contribution in [0.1, 0.15) is 20.7 Å². The lowest BCUT2D eigenvalue weighted by Crippen LogP contribution is -2.28. The van der Waals surface area contributed by atoms with E-state index in [1.165, 1.54) is 0 Å². The summed E-state index contributed by atoms with van der Waals surface area (Å²) in [4.78, 5) is 36.9. The number of Topliss-reactive ketones (excluding diaryl/α,β-unsaturated/α-hetero) is 2. The van der Waals surface area contributed by atoms with Crippen LogP contribution in [0.2, 0.25) is 0 Å². The number of ketones is 2. The van der Waals surface area contributed by atoms with E-state index in [2.05, 4.69) is 0 Å². The second-order valence-corrected chi connectivity index (χ2v) is 4.84. The van der Waals surface area contributed by atoms with Crippen LogP contribution in [0.5, 0.6) is 0 Å². The zero-order valence-electron chi connectivity index (χ0n) is 10.8. The van der Waals surface area contributed by atoms with Gasteiger partial charge in [0, 0.05) is 11.1 Å². The number of benzene rings is 2. The Balaban J connectivity index is 2.23. The summed E-state index contributed by atoms with van der Waals surface area (Å²) in [6.07, 6.45) is 0. The summed E-state index contributed by atoms with van der Waals surface area (Å²) in [6.45, 7) is 0. The van der Waals surface area contributed by atoms with Crippen molar-refractivity contribution in [3.63, 3.8) is 0 Å². The van der Waals surface area contributed by atoms with Crippen molar-refractivity contribution in [2.45, 2.75) is 0 Å². The molecule has 0 aliphatic heterocycles. The molecule has 0 radical (unpaired) electrons. The maximum atomic E-state index is 12.5. The number of carbonyl (C=O) groups excluding carboxylic acids is 2. The molecule has 0 amide bonds. The van der Waals surface area contributed by atoms with Gasteiger partial charge in [0.1, 0.15) is 11.1 Å². The summed E-state index contributed by atoms with van der Waals surface area (Å²) in [5, 5.41) is 0.303. The molecule has 21 heavy (non-hydrogen) atoms. The number of rotatable bonds is 0. The SMILES string of the molecule is O=C1C(=O)c2c(oc3ccccc3c2=O)-c2ccccc21. The molecule has 0 spiro atoms. The number of para-hydroxylation sites is 1. The van der Waals surface area contributed by atoms with Gasteiger partial charge in [-0.25, -0.2) is 0 Å². The van der Waals surface area contributed by atoms with Gasteiger partial charge >= 0.3 is 0 Å². The molecule has 3 aromatic rings. The van der Waals surface area contributed by atoms with Crippen LogP contribution in [0.15, 0.2) is 57.7 Å². The lowest BCUT2D eigenvalue weighted by Gasteiger charge is -2.16. The van der Waals surface area contributed by atoms with E-state index in [1.54, 1.807) is 48.5 Å². The summed E-state index contributed by atoms with van der Waals surface area (Å²) in [7, 11) is 0. The minimum Gasteiger partial charge on any atom is -0.455 e. The molecule has 4 rings (SSSR count). The van der Waals surface area contributed by atoms with Crippen molar-refractivity contribution in [2.24, 2.45) is 0 Å². The van der Waals surface area contributed by atoms with E-state index < -0.39 is 17.0 Å². The number of hydrogen-bond acceptors (Lipinski definition) is 4. The fraction of sp³-hybridized carbons (Fsp3) is 0. The van der Waals surface area contributed by atoms with Gasteiger partial charge in [-0.2, -0.15) is 0 Å². The fourth-order valence-electron chi connectivity index (χ4n) is 2.65. The highest BCUT2D eigenvalue weighted by molar-refractivity contribution is 6.52. The van der Waals surface area contributed by atoms with E-state index in [-0.39, 0.29) is 16.9 Å². The zero-order valence-corrected chi connectivity index (χ0v) is 10.8. The van der Waals surface area contributed by atoms with E-state index in [4.69, 9.17) is 4.42 Å². The third-order valence-electron chi connectivity index (χ3n) is 3.65. The van der Waals surface area contributed by atoms with Crippen LogP contribution in [0.3, 0.4) is 0 Å². The summed E-state index contributed by atoms with van der Waals surface area (Å²) >= 11 is 0. The Kier molecular flexibility index (Phi) is 2.24. The summed E-state index contributed by atoms with van der Waals surface area (Å²) in [5.74, 6) is -1.29. The lowest BCUT2D eigenvalue weighted by molar-refractivity contribution is 0.0813. The van der Waals surface area contributed by atoms with E-state index in [0.717, 1.165) is 0 Å². The predicted molar refractivity (Wildman–Crippen MR) is 76.6 cm³/mol. The monoisotopic (exact) mass is 276 g/mol. The Labute approximate surface area is 118 Å². The molecule has 4 nitrogen and oxygen atoms in total. The number of fused-ring (bicyclic) bond motifs is 4. The fourth-order valence-corrected chi connectivity index (χ4v) is 2.65. The molecule has 2 aromatic carbocycles. The molecule has 1 aromatic heterocycles. The summed E-state index contributed by atoms with van der Waals surface area (Å²) < 4.78 is 5.74. The third-order valence-corrected chi connectivity index (χ3v) is 3.65. The highest BCUT2D eigenvalue weighted by Crippen LogP contribution is 2.33. The Morgan fingerprint density at radius 3 is 2.19 bits per heavy atom. The molecular weight excluding hydrogens is 268 g/mol. The van der Waals surface area contributed by atoms with Gasteiger partial charge in [0.15, 0.2) is 5.76 Å². The van der Waals surface area contributed by atoms with Crippen molar-refractivity contribution in [3.05, 3.63) is 69.9 Å². The van der Waals surface area contributed by atoms with Gasteiger partial charge in [0.25, 0.3) is 0 Å². The molecular formula is C17H8O4. The summed E-state index contributed by atoms with van der Waals surface area (Å²) in [5.41, 5.74) is 0.531. The molecule has 0 unspecified atom stereocenters. The highest BCUT2D eigenvalue weighted by atomic mass is 16.3.